The molecule has 0 N–H and O–H groups in total. The molecular weight excluding hydrogens is 725 g/mol. The second-order valence-corrected chi connectivity index (χ2v) is 14.4. The van der Waals surface area contributed by atoms with Crippen LogP contribution in [0.5, 0.6) is 0 Å². The van der Waals surface area contributed by atoms with Gasteiger partial charge in [-0.2, -0.15) is 10.5 Å². The fourth-order valence-electron chi connectivity index (χ4n) is 6.84. The van der Waals surface area contributed by atoms with Crippen molar-refractivity contribution < 1.29 is 38.1 Å². The average Bonchev–Trinajstić information content (AvgIpc) is 3.19. The van der Waals surface area contributed by atoms with E-state index in [2.05, 4.69) is 48.9 Å². The first-order valence-electron chi connectivity index (χ1n) is 19.3. The Morgan fingerprint density at radius 3 is 1.37 bits per heavy atom. The highest BCUT2D eigenvalue weighted by Crippen LogP contribution is 2.34. The molecule has 2 aromatic rings. The number of rotatable bonds is 18. The fraction of sp³-hybridized carbons (Fsp3) is 0.422. The molecule has 2 atom stereocenters. The van der Waals surface area contributed by atoms with Crippen molar-refractivity contribution >= 4 is 47.4 Å². The Morgan fingerprint density at radius 1 is 0.649 bits per heavy atom. The van der Waals surface area contributed by atoms with Crippen LogP contribution in [0.25, 0.3) is 12.2 Å². The summed E-state index contributed by atoms with van der Waals surface area (Å²) in [5.74, 6) is -2.69. The fourth-order valence-corrected chi connectivity index (χ4v) is 6.84. The number of esters is 4. The van der Waals surface area contributed by atoms with Crippen LogP contribution < -0.4 is 9.80 Å². The Hall–Kier alpha value is -6.14. The topological polar surface area (TPSA) is 159 Å². The molecule has 0 bridgehead atoms. The molecule has 0 aromatic heterocycles. The van der Waals surface area contributed by atoms with Crippen molar-refractivity contribution in [3.63, 3.8) is 0 Å². The number of carbonyl (C=O) groups is 4. The number of fused-ring (bicyclic) bond motifs is 2. The molecule has 300 valence electrons. The molecular formula is C45H52N4O8. The van der Waals surface area contributed by atoms with Gasteiger partial charge in [0.25, 0.3) is 0 Å². The number of hydrogen-bond donors (Lipinski definition) is 0. The lowest BCUT2D eigenvalue weighted by atomic mass is 9.93. The number of aryl methyl sites for hydroxylation is 2. The Kier molecular flexibility index (Phi) is 16.2. The maximum absolute atomic E-state index is 12.5. The Balaban J connectivity index is 1.29. The molecule has 2 aliphatic heterocycles. The van der Waals surface area contributed by atoms with Gasteiger partial charge in [-0.05, 0) is 131 Å². The van der Waals surface area contributed by atoms with Crippen molar-refractivity contribution in [1.82, 2.24) is 0 Å². The molecule has 0 radical (unpaired) electrons. The van der Waals surface area contributed by atoms with Crippen LogP contribution in [0.1, 0.15) is 82.1 Å². The summed E-state index contributed by atoms with van der Waals surface area (Å²) in [5.41, 5.74) is 6.42. The molecule has 4 rings (SSSR count). The van der Waals surface area contributed by atoms with E-state index in [0.29, 0.717) is 12.1 Å². The van der Waals surface area contributed by atoms with E-state index in [-0.39, 0.29) is 48.7 Å². The van der Waals surface area contributed by atoms with Gasteiger partial charge >= 0.3 is 23.9 Å². The molecule has 0 aliphatic carbocycles. The van der Waals surface area contributed by atoms with Crippen LogP contribution in [0.2, 0.25) is 0 Å². The molecule has 0 amide bonds. The molecule has 12 nitrogen and oxygen atoms in total. The first-order valence-corrected chi connectivity index (χ1v) is 19.3. The van der Waals surface area contributed by atoms with Crippen LogP contribution in [0.15, 0.2) is 71.8 Å². The van der Waals surface area contributed by atoms with Gasteiger partial charge < -0.3 is 28.7 Å². The van der Waals surface area contributed by atoms with E-state index in [1.54, 1.807) is 0 Å². The molecule has 0 saturated carbocycles. The van der Waals surface area contributed by atoms with Gasteiger partial charge in [-0.15, -0.1) is 0 Å². The molecule has 12 heteroatoms. The minimum Gasteiger partial charge on any atom is -0.459 e. The molecule has 2 aromatic carbocycles. The predicted octanol–water partition coefficient (Wildman–Crippen LogP) is 6.98. The van der Waals surface area contributed by atoms with Crippen LogP contribution in [0, 0.1) is 22.7 Å². The zero-order valence-corrected chi connectivity index (χ0v) is 33.4. The maximum atomic E-state index is 12.5. The van der Waals surface area contributed by atoms with Gasteiger partial charge in [0.1, 0.15) is 49.7 Å². The van der Waals surface area contributed by atoms with Gasteiger partial charge in [0, 0.05) is 47.7 Å². The summed E-state index contributed by atoms with van der Waals surface area (Å²) < 4.78 is 20.1. The lowest BCUT2D eigenvalue weighted by Gasteiger charge is -2.38. The molecule has 0 fully saturated rings. The summed E-state index contributed by atoms with van der Waals surface area (Å²) in [6.07, 6.45) is 9.96. The third-order valence-corrected chi connectivity index (χ3v) is 9.95. The van der Waals surface area contributed by atoms with Crippen LogP contribution >= 0.6 is 0 Å². The smallest absolute Gasteiger partial charge is 0.349 e. The monoisotopic (exact) mass is 776 g/mol. The third-order valence-electron chi connectivity index (χ3n) is 9.95. The summed E-state index contributed by atoms with van der Waals surface area (Å²) in [6, 6.07) is 16.6. The van der Waals surface area contributed by atoms with E-state index in [1.165, 1.54) is 48.5 Å². The summed E-state index contributed by atoms with van der Waals surface area (Å²) in [7, 11) is 0. The van der Waals surface area contributed by atoms with Crippen molar-refractivity contribution in [2.75, 3.05) is 49.3 Å². The molecule has 0 spiro atoms. The van der Waals surface area contributed by atoms with Crippen LogP contribution in [-0.2, 0) is 51.0 Å². The number of nitriles is 2. The van der Waals surface area contributed by atoms with Crippen molar-refractivity contribution in [2.45, 2.75) is 84.7 Å². The summed E-state index contributed by atoms with van der Waals surface area (Å²) >= 11 is 0. The first kappa shape index (κ1) is 43.6. The van der Waals surface area contributed by atoms with E-state index in [4.69, 9.17) is 18.9 Å². The lowest BCUT2D eigenvalue weighted by molar-refractivity contribution is -0.147. The number of hydrogen-bond acceptors (Lipinski definition) is 12. The number of unbranched alkanes of at least 4 members (excludes halogenated alkanes) is 2. The SMILES string of the molecule is C=C(C)C(=O)OCCOC(=O)C(C#N)=Cc1ccc2c(c1)CCC(C)N2CCCCCN1c2ccc(C=C(C#N)C(=O)OCCOC(=O)C(=C)C)cc2CCC1C. The predicted molar refractivity (Wildman–Crippen MR) is 218 cm³/mol. The zero-order valence-electron chi connectivity index (χ0n) is 33.4. The van der Waals surface area contributed by atoms with Crippen molar-refractivity contribution in [3.05, 3.63) is 94.1 Å². The largest absolute Gasteiger partial charge is 0.459 e. The molecule has 2 heterocycles. The first-order chi connectivity index (χ1) is 27.3. The van der Waals surface area contributed by atoms with Crippen LogP contribution in [0.4, 0.5) is 11.4 Å². The number of benzene rings is 2. The van der Waals surface area contributed by atoms with E-state index in [0.717, 1.165) is 69.2 Å². The number of carbonyl (C=O) groups excluding carboxylic acids is 4. The van der Waals surface area contributed by atoms with Gasteiger partial charge in [0.05, 0.1) is 0 Å². The van der Waals surface area contributed by atoms with E-state index < -0.39 is 23.9 Å². The Morgan fingerprint density at radius 2 is 1.02 bits per heavy atom. The highest BCUT2D eigenvalue weighted by molar-refractivity contribution is 5.98. The van der Waals surface area contributed by atoms with E-state index >= 15 is 0 Å². The molecule has 57 heavy (non-hydrogen) atoms. The van der Waals surface area contributed by atoms with Crippen LogP contribution in [0.3, 0.4) is 0 Å². The third kappa shape index (κ3) is 12.4. The van der Waals surface area contributed by atoms with E-state index in [1.807, 2.05) is 36.4 Å². The number of nitrogens with zero attached hydrogens (tertiary/aromatic N) is 4. The van der Waals surface area contributed by atoms with Gasteiger partial charge in [0.2, 0.25) is 0 Å². The second-order valence-electron chi connectivity index (χ2n) is 14.4. The van der Waals surface area contributed by atoms with E-state index in [9.17, 15) is 29.7 Å². The highest BCUT2D eigenvalue weighted by atomic mass is 16.6. The average molecular weight is 777 g/mol. The second kappa shape index (κ2) is 21.2. The van der Waals surface area contributed by atoms with Gasteiger partial charge in [0.15, 0.2) is 0 Å². The minimum atomic E-state index is -0.774. The molecule has 0 saturated heterocycles. The Labute approximate surface area is 335 Å². The summed E-state index contributed by atoms with van der Waals surface area (Å²) in [5, 5.41) is 19.3. The highest BCUT2D eigenvalue weighted by Gasteiger charge is 2.25. The van der Waals surface area contributed by atoms with Gasteiger partial charge in [-0.1, -0.05) is 25.3 Å². The maximum Gasteiger partial charge on any atom is 0.349 e. The number of ether oxygens (including phenoxy) is 4. The Bertz CT molecular complexity index is 1860. The number of anilines is 2. The summed E-state index contributed by atoms with van der Waals surface area (Å²) in [6.45, 7) is 15.8. The lowest BCUT2D eigenvalue weighted by Crippen LogP contribution is -2.39. The molecule has 2 unspecified atom stereocenters. The van der Waals surface area contributed by atoms with Crippen LogP contribution in [-0.4, -0.2) is 75.5 Å². The standard InChI is InChI=1S/C45H52N4O8/c1-30(2)42(50)54-20-22-56-44(52)38(28-46)26-34-12-16-40-36(24-34)14-10-32(5)48(40)18-8-7-9-19-49-33(6)11-15-37-25-35(13-17-41(37)49)27-39(29-47)45(53)57-23-21-55-43(51)31(3)4/h12-13,16-17,24-27,32-33H,1,3,7-11,14-15,18-23H2,2,4-6H3. The van der Waals surface area contributed by atoms with Gasteiger partial charge in [-0.25, -0.2) is 19.2 Å². The zero-order chi connectivity index (χ0) is 41.5. The quantitative estimate of drug-likeness (QED) is 0.0504. The molecule has 2 aliphatic rings. The van der Waals surface area contributed by atoms with Crippen molar-refractivity contribution in [3.8, 4) is 12.1 Å². The minimum absolute atomic E-state index is 0.122. The van der Waals surface area contributed by atoms with Crippen molar-refractivity contribution in [1.29, 1.82) is 10.5 Å². The normalized spacial score (nSPS) is 16.2. The van der Waals surface area contributed by atoms with Gasteiger partial charge in [-0.3, -0.25) is 0 Å². The van der Waals surface area contributed by atoms with Crippen molar-refractivity contribution in [2.24, 2.45) is 0 Å². The summed E-state index contributed by atoms with van der Waals surface area (Å²) in [4.78, 5) is 53.0.